The van der Waals surface area contributed by atoms with Crippen molar-refractivity contribution in [1.82, 2.24) is 5.32 Å². The molecule has 1 N–H and O–H groups in total. The Morgan fingerprint density at radius 3 is 2.72 bits per heavy atom. The van der Waals surface area contributed by atoms with Gasteiger partial charge in [-0.3, -0.25) is 0 Å². The molecule has 1 aliphatic carbocycles. The molecule has 0 aliphatic heterocycles. The minimum Gasteiger partial charge on any atom is -0.489 e. The van der Waals surface area contributed by atoms with Crippen molar-refractivity contribution in [3.8, 4) is 5.75 Å². The van der Waals surface area contributed by atoms with Crippen LogP contribution in [0.4, 0.5) is 0 Å². The zero-order chi connectivity index (χ0) is 13.0. The van der Waals surface area contributed by atoms with Gasteiger partial charge < -0.3 is 10.1 Å². The lowest BCUT2D eigenvalue weighted by Gasteiger charge is -2.17. The molecule has 2 nitrogen and oxygen atoms in total. The average molecular weight is 268 g/mol. The SMILES string of the molecule is CCNC(C)c1ccc(OC2CCCC2)c(Cl)c1. The van der Waals surface area contributed by atoms with E-state index in [9.17, 15) is 0 Å². The van der Waals surface area contributed by atoms with Crippen LogP contribution in [0.15, 0.2) is 18.2 Å². The lowest BCUT2D eigenvalue weighted by Crippen LogP contribution is -2.17. The predicted octanol–water partition coefficient (Wildman–Crippen LogP) is 4.33. The third-order valence-corrected chi connectivity index (χ3v) is 3.86. The quantitative estimate of drug-likeness (QED) is 0.857. The highest BCUT2D eigenvalue weighted by Crippen LogP contribution is 2.31. The number of hydrogen-bond donors (Lipinski definition) is 1. The summed E-state index contributed by atoms with van der Waals surface area (Å²) in [7, 11) is 0. The first kappa shape index (κ1) is 13.7. The Morgan fingerprint density at radius 1 is 1.39 bits per heavy atom. The number of nitrogens with one attached hydrogen (secondary N) is 1. The van der Waals surface area contributed by atoms with Gasteiger partial charge in [-0.05, 0) is 56.8 Å². The van der Waals surface area contributed by atoms with E-state index in [4.69, 9.17) is 16.3 Å². The third-order valence-electron chi connectivity index (χ3n) is 3.56. The maximum Gasteiger partial charge on any atom is 0.138 e. The van der Waals surface area contributed by atoms with Gasteiger partial charge in [0.2, 0.25) is 0 Å². The maximum atomic E-state index is 6.30. The summed E-state index contributed by atoms with van der Waals surface area (Å²) in [6.07, 6.45) is 5.23. The van der Waals surface area contributed by atoms with Crippen LogP contribution in [0.1, 0.15) is 51.1 Å². The summed E-state index contributed by atoms with van der Waals surface area (Å²) in [5.41, 5.74) is 1.21. The molecule has 2 rings (SSSR count). The van der Waals surface area contributed by atoms with Gasteiger partial charge in [-0.25, -0.2) is 0 Å². The van der Waals surface area contributed by atoms with E-state index in [1.807, 2.05) is 12.1 Å². The van der Waals surface area contributed by atoms with Gasteiger partial charge in [0, 0.05) is 6.04 Å². The van der Waals surface area contributed by atoms with E-state index in [0.717, 1.165) is 30.2 Å². The summed E-state index contributed by atoms with van der Waals surface area (Å²) in [6.45, 7) is 5.21. The molecule has 0 saturated heterocycles. The molecule has 0 radical (unpaired) electrons. The van der Waals surface area contributed by atoms with Crippen molar-refractivity contribution >= 4 is 11.6 Å². The van der Waals surface area contributed by atoms with Gasteiger partial charge in [-0.1, -0.05) is 24.6 Å². The van der Waals surface area contributed by atoms with Crippen molar-refractivity contribution in [1.29, 1.82) is 0 Å². The highest BCUT2D eigenvalue weighted by atomic mass is 35.5. The Bertz CT molecular complexity index is 388. The number of hydrogen-bond acceptors (Lipinski definition) is 2. The van der Waals surface area contributed by atoms with Crippen LogP contribution in [0.3, 0.4) is 0 Å². The summed E-state index contributed by atoms with van der Waals surface area (Å²) >= 11 is 6.30. The molecule has 1 saturated carbocycles. The van der Waals surface area contributed by atoms with Gasteiger partial charge >= 0.3 is 0 Å². The van der Waals surface area contributed by atoms with Crippen LogP contribution in [0, 0.1) is 0 Å². The standard InChI is InChI=1S/C15H22ClNO/c1-3-17-11(2)12-8-9-15(14(16)10-12)18-13-6-4-5-7-13/h8-11,13,17H,3-7H2,1-2H3. The molecule has 1 unspecified atom stereocenters. The molecule has 1 fully saturated rings. The normalized spacial score (nSPS) is 17.9. The van der Waals surface area contributed by atoms with Crippen molar-refractivity contribution in [3.05, 3.63) is 28.8 Å². The molecule has 18 heavy (non-hydrogen) atoms. The molecule has 0 aromatic heterocycles. The van der Waals surface area contributed by atoms with Crippen molar-refractivity contribution in [2.45, 2.75) is 51.7 Å². The molecule has 1 aliphatic rings. The van der Waals surface area contributed by atoms with Crippen molar-refractivity contribution in [2.24, 2.45) is 0 Å². The Kier molecular flexibility index (Phi) is 4.90. The predicted molar refractivity (Wildman–Crippen MR) is 76.4 cm³/mol. The van der Waals surface area contributed by atoms with Gasteiger partial charge in [0.05, 0.1) is 11.1 Å². The third kappa shape index (κ3) is 3.39. The van der Waals surface area contributed by atoms with Crippen molar-refractivity contribution in [2.75, 3.05) is 6.54 Å². The molecule has 0 heterocycles. The minimum atomic E-state index is 0.327. The summed E-state index contributed by atoms with van der Waals surface area (Å²) < 4.78 is 5.95. The summed E-state index contributed by atoms with van der Waals surface area (Å²) in [4.78, 5) is 0. The highest BCUT2D eigenvalue weighted by Gasteiger charge is 2.18. The Labute approximate surface area is 115 Å². The van der Waals surface area contributed by atoms with Gasteiger partial charge in [-0.2, -0.15) is 0 Å². The van der Waals surface area contributed by atoms with E-state index < -0.39 is 0 Å². The smallest absolute Gasteiger partial charge is 0.138 e. The van der Waals surface area contributed by atoms with Crippen LogP contribution in [-0.4, -0.2) is 12.6 Å². The number of rotatable bonds is 5. The second-order valence-corrected chi connectivity index (χ2v) is 5.40. The first-order valence-corrected chi connectivity index (χ1v) is 7.28. The van der Waals surface area contributed by atoms with E-state index in [2.05, 4.69) is 25.2 Å². The maximum absolute atomic E-state index is 6.30. The van der Waals surface area contributed by atoms with Crippen molar-refractivity contribution < 1.29 is 4.74 Å². The van der Waals surface area contributed by atoms with E-state index in [1.165, 1.54) is 18.4 Å². The molecular formula is C15H22ClNO. The Morgan fingerprint density at radius 2 is 2.11 bits per heavy atom. The number of ether oxygens (including phenoxy) is 1. The molecular weight excluding hydrogens is 246 g/mol. The van der Waals surface area contributed by atoms with Crippen LogP contribution < -0.4 is 10.1 Å². The fourth-order valence-electron chi connectivity index (χ4n) is 2.49. The van der Waals surface area contributed by atoms with E-state index in [1.54, 1.807) is 0 Å². The summed E-state index contributed by atoms with van der Waals surface area (Å²) in [6, 6.07) is 6.44. The van der Waals surface area contributed by atoms with Gasteiger partial charge in [0.25, 0.3) is 0 Å². The van der Waals surface area contributed by atoms with Crippen LogP contribution in [0.2, 0.25) is 5.02 Å². The second-order valence-electron chi connectivity index (χ2n) is 4.99. The number of halogens is 1. The summed E-state index contributed by atoms with van der Waals surface area (Å²) in [5.74, 6) is 0.830. The van der Waals surface area contributed by atoms with Crippen molar-refractivity contribution in [3.63, 3.8) is 0 Å². The monoisotopic (exact) mass is 267 g/mol. The van der Waals surface area contributed by atoms with Gasteiger partial charge in [0.15, 0.2) is 0 Å². The lowest BCUT2D eigenvalue weighted by atomic mass is 10.1. The fraction of sp³-hybridized carbons (Fsp3) is 0.600. The number of benzene rings is 1. The van der Waals surface area contributed by atoms with Crippen LogP contribution in [0.25, 0.3) is 0 Å². The van der Waals surface area contributed by atoms with Crippen LogP contribution >= 0.6 is 11.6 Å². The molecule has 3 heteroatoms. The van der Waals surface area contributed by atoms with E-state index >= 15 is 0 Å². The zero-order valence-electron chi connectivity index (χ0n) is 11.2. The molecule has 1 aromatic carbocycles. The fourth-order valence-corrected chi connectivity index (χ4v) is 2.73. The van der Waals surface area contributed by atoms with E-state index in [0.29, 0.717) is 12.1 Å². The zero-order valence-corrected chi connectivity index (χ0v) is 12.0. The topological polar surface area (TPSA) is 21.3 Å². The lowest BCUT2D eigenvalue weighted by molar-refractivity contribution is 0.210. The molecule has 0 bridgehead atoms. The minimum absolute atomic E-state index is 0.327. The first-order chi connectivity index (χ1) is 8.70. The average Bonchev–Trinajstić information content (AvgIpc) is 2.85. The molecule has 1 atom stereocenters. The highest BCUT2D eigenvalue weighted by molar-refractivity contribution is 6.32. The molecule has 1 aromatic rings. The second kappa shape index (κ2) is 6.44. The van der Waals surface area contributed by atoms with Crippen LogP contribution in [0.5, 0.6) is 5.75 Å². The van der Waals surface area contributed by atoms with E-state index in [-0.39, 0.29) is 0 Å². The largest absolute Gasteiger partial charge is 0.489 e. The first-order valence-electron chi connectivity index (χ1n) is 6.90. The summed E-state index contributed by atoms with van der Waals surface area (Å²) in [5, 5.41) is 4.11. The Hall–Kier alpha value is -0.730. The molecule has 0 spiro atoms. The van der Waals surface area contributed by atoms with Gasteiger partial charge in [0.1, 0.15) is 5.75 Å². The Balaban J connectivity index is 2.04. The van der Waals surface area contributed by atoms with Gasteiger partial charge in [-0.15, -0.1) is 0 Å². The molecule has 100 valence electrons. The van der Waals surface area contributed by atoms with Crippen LogP contribution in [-0.2, 0) is 0 Å². The molecule has 0 amide bonds.